The predicted octanol–water partition coefficient (Wildman–Crippen LogP) is 2.92. The van der Waals surface area contributed by atoms with Crippen LogP contribution in [0.5, 0.6) is 0 Å². The highest BCUT2D eigenvalue weighted by Crippen LogP contribution is 2.29. The Balaban J connectivity index is 2.52. The van der Waals surface area contributed by atoms with Crippen molar-refractivity contribution in [1.29, 1.82) is 0 Å². The van der Waals surface area contributed by atoms with Gasteiger partial charge < -0.3 is 5.11 Å². The molecule has 0 aliphatic heterocycles. The van der Waals surface area contributed by atoms with Gasteiger partial charge in [-0.15, -0.1) is 0 Å². The molecule has 1 atom stereocenters. The molecule has 1 N–H and O–H groups in total. The van der Waals surface area contributed by atoms with E-state index in [2.05, 4.69) is 11.9 Å². The number of carboxylic acids is 1. The number of hydrogen-bond acceptors (Lipinski definition) is 2. The van der Waals surface area contributed by atoms with Gasteiger partial charge in [0, 0.05) is 5.69 Å². The number of aromatic carboxylic acids is 1. The molecule has 1 aliphatic rings. The summed E-state index contributed by atoms with van der Waals surface area (Å²) < 4.78 is 0. The van der Waals surface area contributed by atoms with Crippen molar-refractivity contribution >= 4 is 5.97 Å². The smallest absolute Gasteiger partial charge is 0.337 e. The standard InChI is InChI=1S/C13H17NO2/c1-8-5-3-4-6-10-7-11(13(15)16)9(2)14-12(8)10/h7-8H,3-6H2,1-2H3,(H,15,16). The maximum Gasteiger partial charge on any atom is 0.337 e. The molecule has 16 heavy (non-hydrogen) atoms. The minimum atomic E-state index is -0.871. The molecule has 1 unspecified atom stereocenters. The number of carboxylic acid groups (broad SMARTS) is 1. The Kier molecular flexibility index (Phi) is 2.95. The van der Waals surface area contributed by atoms with E-state index >= 15 is 0 Å². The fourth-order valence-electron chi connectivity index (χ4n) is 2.41. The number of carbonyl (C=O) groups is 1. The van der Waals surface area contributed by atoms with E-state index in [0.717, 1.165) is 30.5 Å². The van der Waals surface area contributed by atoms with Gasteiger partial charge in [-0.05, 0) is 43.7 Å². The summed E-state index contributed by atoms with van der Waals surface area (Å²) in [6.07, 6.45) is 4.47. The van der Waals surface area contributed by atoms with Crippen molar-refractivity contribution in [1.82, 2.24) is 4.98 Å². The maximum absolute atomic E-state index is 11.0. The summed E-state index contributed by atoms with van der Waals surface area (Å²) in [7, 11) is 0. The molecular formula is C13H17NO2. The Labute approximate surface area is 95.5 Å². The molecule has 0 bridgehead atoms. The number of fused-ring (bicyclic) bond motifs is 1. The lowest BCUT2D eigenvalue weighted by molar-refractivity contribution is 0.0695. The van der Waals surface area contributed by atoms with Crippen LogP contribution in [0, 0.1) is 6.92 Å². The first kappa shape index (κ1) is 11.1. The van der Waals surface area contributed by atoms with Crippen LogP contribution in [-0.2, 0) is 6.42 Å². The first-order valence-electron chi connectivity index (χ1n) is 5.83. The van der Waals surface area contributed by atoms with Gasteiger partial charge in [0.25, 0.3) is 0 Å². The van der Waals surface area contributed by atoms with Gasteiger partial charge in [0.15, 0.2) is 0 Å². The first-order valence-corrected chi connectivity index (χ1v) is 5.83. The highest BCUT2D eigenvalue weighted by Gasteiger charge is 2.19. The van der Waals surface area contributed by atoms with Gasteiger partial charge in [0.1, 0.15) is 0 Å². The zero-order valence-electron chi connectivity index (χ0n) is 9.79. The largest absolute Gasteiger partial charge is 0.478 e. The summed E-state index contributed by atoms with van der Waals surface area (Å²) in [6.45, 7) is 3.96. The van der Waals surface area contributed by atoms with Gasteiger partial charge in [-0.1, -0.05) is 13.3 Å². The van der Waals surface area contributed by atoms with E-state index in [1.807, 2.05) is 6.07 Å². The minimum absolute atomic E-state index is 0.354. The summed E-state index contributed by atoms with van der Waals surface area (Å²) in [4.78, 5) is 15.5. The second-order valence-corrected chi connectivity index (χ2v) is 4.62. The Morgan fingerprint density at radius 3 is 2.94 bits per heavy atom. The third-order valence-electron chi connectivity index (χ3n) is 3.36. The van der Waals surface area contributed by atoms with Crippen molar-refractivity contribution in [2.24, 2.45) is 0 Å². The van der Waals surface area contributed by atoms with Gasteiger partial charge in [-0.25, -0.2) is 4.79 Å². The Hall–Kier alpha value is -1.38. The zero-order chi connectivity index (χ0) is 11.7. The van der Waals surface area contributed by atoms with E-state index in [-0.39, 0.29) is 0 Å². The average molecular weight is 219 g/mol. The molecule has 1 aliphatic carbocycles. The van der Waals surface area contributed by atoms with E-state index in [1.165, 1.54) is 6.42 Å². The summed E-state index contributed by atoms with van der Waals surface area (Å²) in [5.74, 6) is -0.413. The number of aryl methyl sites for hydroxylation is 2. The molecule has 1 aromatic heterocycles. The van der Waals surface area contributed by atoms with Crippen molar-refractivity contribution in [3.8, 4) is 0 Å². The molecule has 2 rings (SSSR count). The van der Waals surface area contributed by atoms with Crippen LogP contribution in [0.3, 0.4) is 0 Å². The third-order valence-corrected chi connectivity index (χ3v) is 3.36. The van der Waals surface area contributed by atoms with Crippen molar-refractivity contribution in [3.05, 3.63) is 28.6 Å². The van der Waals surface area contributed by atoms with E-state index in [1.54, 1.807) is 6.92 Å². The van der Waals surface area contributed by atoms with E-state index in [9.17, 15) is 4.79 Å². The van der Waals surface area contributed by atoms with Gasteiger partial charge in [-0.2, -0.15) is 0 Å². The van der Waals surface area contributed by atoms with Crippen LogP contribution >= 0.6 is 0 Å². The molecule has 0 spiro atoms. The highest BCUT2D eigenvalue weighted by molar-refractivity contribution is 5.89. The first-order chi connectivity index (χ1) is 7.59. The minimum Gasteiger partial charge on any atom is -0.478 e. The Bertz CT molecular complexity index is 426. The zero-order valence-corrected chi connectivity index (χ0v) is 9.79. The SMILES string of the molecule is Cc1nc2c(cc1C(=O)O)CCCCC2C. The Morgan fingerprint density at radius 2 is 2.25 bits per heavy atom. The molecule has 86 valence electrons. The topological polar surface area (TPSA) is 50.2 Å². The van der Waals surface area contributed by atoms with Crippen LogP contribution in [0.25, 0.3) is 0 Å². The summed E-state index contributed by atoms with van der Waals surface area (Å²) >= 11 is 0. The quantitative estimate of drug-likeness (QED) is 0.739. The molecule has 0 saturated carbocycles. The van der Waals surface area contributed by atoms with Crippen LogP contribution < -0.4 is 0 Å². The normalized spacial score (nSPS) is 20.0. The highest BCUT2D eigenvalue weighted by atomic mass is 16.4. The number of pyridine rings is 1. The molecule has 0 radical (unpaired) electrons. The van der Waals surface area contributed by atoms with Gasteiger partial charge in [0.2, 0.25) is 0 Å². The van der Waals surface area contributed by atoms with E-state index in [0.29, 0.717) is 17.2 Å². The van der Waals surface area contributed by atoms with Crippen LogP contribution in [-0.4, -0.2) is 16.1 Å². The van der Waals surface area contributed by atoms with Crippen LogP contribution in [0.4, 0.5) is 0 Å². The lowest BCUT2D eigenvalue weighted by Crippen LogP contribution is -2.08. The average Bonchev–Trinajstić information content (AvgIpc) is 2.40. The summed E-state index contributed by atoms with van der Waals surface area (Å²) in [6, 6.07) is 1.82. The van der Waals surface area contributed by atoms with Crippen molar-refractivity contribution < 1.29 is 9.90 Å². The maximum atomic E-state index is 11.0. The predicted molar refractivity (Wildman–Crippen MR) is 61.9 cm³/mol. The molecule has 0 saturated heterocycles. The van der Waals surface area contributed by atoms with Gasteiger partial charge >= 0.3 is 5.97 Å². The Morgan fingerprint density at radius 1 is 1.50 bits per heavy atom. The summed E-state index contributed by atoms with van der Waals surface area (Å²) in [5.41, 5.74) is 3.24. The number of nitrogens with zero attached hydrogens (tertiary/aromatic N) is 1. The molecular weight excluding hydrogens is 202 g/mol. The van der Waals surface area contributed by atoms with Crippen molar-refractivity contribution in [3.63, 3.8) is 0 Å². The lowest BCUT2D eigenvalue weighted by atomic mass is 9.98. The lowest BCUT2D eigenvalue weighted by Gasteiger charge is -2.13. The fraction of sp³-hybridized carbons (Fsp3) is 0.538. The molecule has 0 amide bonds. The fourth-order valence-corrected chi connectivity index (χ4v) is 2.41. The molecule has 3 heteroatoms. The summed E-state index contributed by atoms with van der Waals surface area (Å²) in [5, 5.41) is 9.06. The van der Waals surface area contributed by atoms with Crippen molar-refractivity contribution in [2.45, 2.75) is 45.4 Å². The number of hydrogen-bond donors (Lipinski definition) is 1. The molecule has 0 aromatic carbocycles. The second-order valence-electron chi connectivity index (χ2n) is 4.62. The molecule has 1 heterocycles. The van der Waals surface area contributed by atoms with Gasteiger partial charge in [-0.3, -0.25) is 4.98 Å². The van der Waals surface area contributed by atoms with E-state index in [4.69, 9.17) is 5.11 Å². The third kappa shape index (κ3) is 1.94. The molecule has 3 nitrogen and oxygen atoms in total. The molecule has 1 aromatic rings. The second kappa shape index (κ2) is 4.24. The van der Waals surface area contributed by atoms with Crippen LogP contribution in [0.1, 0.15) is 59.4 Å². The van der Waals surface area contributed by atoms with Gasteiger partial charge in [0.05, 0.1) is 11.3 Å². The van der Waals surface area contributed by atoms with Crippen molar-refractivity contribution in [2.75, 3.05) is 0 Å². The molecule has 0 fully saturated rings. The van der Waals surface area contributed by atoms with Crippen LogP contribution in [0.15, 0.2) is 6.07 Å². The van der Waals surface area contributed by atoms with E-state index < -0.39 is 5.97 Å². The van der Waals surface area contributed by atoms with Crippen LogP contribution in [0.2, 0.25) is 0 Å². The number of rotatable bonds is 1. The monoisotopic (exact) mass is 219 g/mol. The number of aromatic nitrogens is 1.